The van der Waals surface area contributed by atoms with Crippen LogP contribution in [-0.4, -0.2) is 38.3 Å². The maximum atomic E-state index is 6.06. The summed E-state index contributed by atoms with van der Waals surface area (Å²) in [6.07, 6.45) is 3.03. The van der Waals surface area contributed by atoms with Crippen LogP contribution in [-0.2, 0) is 16.4 Å². The molecule has 1 aliphatic rings. The Balaban J connectivity index is 1.83. The normalized spacial score (nSPS) is 19.8. The third-order valence-corrected chi connectivity index (χ3v) is 4.90. The van der Waals surface area contributed by atoms with Gasteiger partial charge in [-0.1, -0.05) is 5.21 Å². The zero-order valence-electron chi connectivity index (χ0n) is 15.5. The monoisotopic (exact) mass is 345 g/mol. The van der Waals surface area contributed by atoms with Gasteiger partial charge in [-0.05, 0) is 40.7 Å². The molecule has 1 saturated heterocycles. The first-order valence-corrected chi connectivity index (χ1v) is 8.23. The molecule has 8 nitrogen and oxygen atoms in total. The van der Waals surface area contributed by atoms with Crippen molar-refractivity contribution in [3.8, 4) is 5.75 Å². The molecule has 2 aromatic heterocycles. The molecule has 3 rings (SSSR count). The molecule has 1 fully saturated rings. The minimum atomic E-state index is -0.519. The predicted molar refractivity (Wildman–Crippen MR) is 94.4 cm³/mol. The van der Waals surface area contributed by atoms with E-state index in [4.69, 9.17) is 19.8 Å². The largest absolute Gasteiger partial charge is 0.496 e. The number of aryl methyl sites for hydroxylation is 1. The van der Waals surface area contributed by atoms with E-state index in [9.17, 15) is 0 Å². The number of rotatable bonds is 4. The lowest BCUT2D eigenvalue weighted by molar-refractivity contribution is 0.00578. The summed E-state index contributed by atoms with van der Waals surface area (Å²) < 4.78 is 19.8. The first-order chi connectivity index (χ1) is 11.6. The van der Waals surface area contributed by atoms with Crippen LogP contribution in [0, 0.1) is 0 Å². The maximum absolute atomic E-state index is 6.06. The maximum Gasteiger partial charge on any atom is 0.496 e. The molecule has 1 atom stereocenters. The number of nitrogens with zero attached hydrogens (tertiary/aromatic N) is 4. The second kappa shape index (κ2) is 6.00. The average Bonchev–Trinajstić information content (AvgIpc) is 3.02. The average molecular weight is 345 g/mol. The van der Waals surface area contributed by atoms with Crippen LogP contribution < -0.4 is 15.9 Å². The van der Waals surface area contributed by atoms with Gasteiger partial charge >= 0.3 is 7.12 Å². The van der Waals surface area contributed by atoms with Gasteiger partial charge in [0.1, 0.15) is 6.10 Å². The number of anilines is 1. The van der Waals surface area contributed by atoms with Crippen molar-refractivity contribution < 1.29 is 14.0 Å². The fraction of sp³-hybridized carbons (Fsp3) is 0.562. The molecule has 0 unspecified atom stereocenters. The van der Waals surface area contributed by atoms with Crippen LogP contribution in [0.4, 0.5) is 5.82 Å². The Hall–Kier alpha value is -2.13. The van der Waals surface area contributed by atoms with Crippen molar-refractivity contribution in [2.24, 2.45) is 7.05 Å². The minimum absolute atomic E-state index is 0.280. The van der Waals surface area contributed by atoms with Gasteiger partial charge in [0.15, 0.2) is 11.6 Å². The number of ether oxygens (including phenoxy) is 1. The predicted octanol–water partition coefficient (Wildman–Crippen LogP) is 1.23. The van der Waals surface area contributed by atoms with E-state index >= 15 is 0 Å². The summed E-state index contributed by atoms with van der Waals surface area (Å²) in [5.74, 6) is 0.781. The highest BCUT2D eigenvalue weighted by Gasteiger charge is 2.52. The van der Waals surface area contributed by atoms with Crippen LogP contribution in [0.25, 0.3) is 0 Å². The van der Waals surface area contributed by atoms with Crippen LogP contribution in [0.2, 0.25) is 0 Å². The van der Waals surface area contributed by atoms with Crippen LogP contribution in [0.3, 0.4) is 0 Å². The number of pyridine rings is 1. The zero-order valence-corrected chi connectivity index (χ0v) is 15.5. The molecule has 0 aromatic carbocycles. The van der Waals surface area contributed by atoms with Crippen molar-refractivity contribution >= 4 is 18.4 Å². The van der Waals surface area contributed by atoms with E-state index in [-0.39, 0.29) is 6.10 Å². The summed E-state index contributed by atoms with van der Waals surface area (Å²) in [7, 11) is 1.29. The topological polar surface area (TPSA) is 97.3 Å². The quantitative estimate of drug-likeness (QED) is 0.833. The van der Waals surface area contributed by atoms with Crippen LogP contribution in [0.15, 0.2) is 18.5 Å². The first kappa shape index (κ1) is 17.7. The molecule has 0 saturated carbocycles. The fourth-order valence-electron chi connectivity index (χ4n) is 2.59. The van der Waals surface area contributed by atoms with Gasteiger partial charge < -0.3 is 19.8 Å². The molecule has 0 radical (unpaired) electrons. The fourth-order valence-corrected chi connectivity index (χ4v) is 2.59. The summed E-state index contributed by atoms with van der Waals surface area (Å²) in [4.78, 5) is 4.23. The minimum Gasteiger partial charge on any atom is -0.481 e. The SMILES string of the molecule is C[C@@H](Oc1cc(B2OC(C)(C)C(C)(C)O2)cnc1N)c1cnnn1C. The number of nitrogens with two attached hydrogens (primary N) is 1. The van der Waals surface area contributed by atoms with Crippen molar-refractivity contribution in [1.82, 2.24) is 20.0 Å². The van der Waals surface area contributed by atoms with Crippen LogP contribution in [0.1, 0.15) is 46.4 Å². The Labute approximate surface area is 147 Å². The van der Waals surface area contributed by atoms with Crippen molar-refractivity contribution in [2.45, 2.75) is 51.9 Å². The standard InChI is InChI=1S/C16H24BN5O3/c1-10(12-9-20-21-22(12)6)23-13-7-11(8-19-14(13)18)17-24-15(2,3)16(4,5)25-17/h7-10H,1-6H3,(H2,18,19)/t10-/m1/s1. The summed E-state index contributed by atoms with van der Waals surface area (Å²) in [5.41, 5.74) is 6.73. The molecule has 0 amide bonds. The van der Waals surface area contributed by atoms with Gasteiger partial charge in [-0.2, -0.15) is 0 Å². The lowest BCUT2D eigenvalue weighted by atomic mass is 9.80. The molecular weight excluding hydrogens is 321 g/mol. The van der Waals surface area contributed by atoms with Gasteiger partial charge in [0.2, 0.25) is 0 Å². The van der Waals surface area contributed by atoms with E-state index in [2.05, 4.69) is 15.3 Å². The van der Waals surface area contributed by atoms with Crippen LogP contribution in [0.5, 0.6) is 5.75 Å². The Morgan fingerprint density at radius 1 is 1.20 bits per heavy atom. The molecule has 2 N–H and O–H groups in total. The Bertz CT molecular complexity index is 761. The highest BCUT2D eigenvalue weighted by Crippen LogP contribution is 2.37. The molecular formula is C16H24BN5O3. The van der Waals surface area contributed by atoms with Crippen molar-refractivity contribution in [1.29, 1.82) is 0 Å². The molecule has 0 spiro atoms. The summed E-state index contributed by atoms with van der Waals surface area (Å²) in [5, 5.41) is 7.78. The molecule has 3 heterocycles. The smallest absolute Gasteiger partial charge is 0.481 e. The van der Waals surface area contributed by atoms with E-state index in [1.54, 1.807) is 17.1 Å². The lowest BCUT2D eigenvalue weighted by Crippen LogP contribution is -2.41. The number of aromatic nitrogens is 4. The first-order valence-electron chi connectivity index (χ1n) is 8.23. The number of hydrogen-bond acceptors (Lipinski definition) is 7. The van der Waals surface area contributed by atoms with E-state index in [1.807, 2.05) is 47.7 Å². The zero-order chi connectivity index (χ0) is 18.4. The van der Waals surface area contributed by atoms with E-state index in [0.717, 1.165) is 11.2 Å². The second-order valence-electron chi connectivity index (χ2n) is 7.28. The Kier molecular flexibility index (Phi) is 4.24. The van der Waals surface area contributed by atoms with Gasteiger partial charge in [0, 0.05) is 18.7 Å². The molecule has 0 aliphatic carbocycles. The van der Waals surface area contributed by atoms with Crippen molar-refractivity contribution in [3.63, 3.8) is 0 Å². The number of hydrogen-bond donors (Lipinski definition) is 1. The second-order valence-corrected chi connectivity index (χ2v) is 7.28. The Morgan fingerprint density at radius 3 is 2.40 bits per heavy atom. The molecule has 9 heteroatoms. The van der Waals surface area contributed by atoms with E-state index in [0.29, 0.717) is 11.6 Å². The van der Waals surface area contributed by atoms with Gasteiger partial charge in [-0.3, -0.25) is 0 Å². The molecule has 1 aliphatic heterocycles. The molecule has 25 heavy (non-hydrogen) atoms. The Morgan fingerprint density at radius 2 is 1.84 bits per heavy atom. The summed E-state index contributed by atoms with van der Waals surface area (Å²) >= 11 is 0. The molecule has 2 aromatic rings. The number of nitrogen functional groups attached to an aromatic ring is 1. The summed E-state index contributed by atoms with van der Waals surface area (Å²) in [6, 6.07) is 1.81. The van der Waals surface area contributed by atoms with Gasteiger partial charge in [0.25, 0.3) is 0 Å². The van der Waals surface area contributed by atoms with Crippen molar-refractivity contribution in [2.75, 3.05) is 5.73 Å². The van der Waals surface area contributed by atoms with Crippen LogP contribution >= 0.6 is 0 Å². The van der Waals surface area contributed by atoms with Gasteiger partial charge in [-0.15, -0.1) is 5.10 Å². The van der Waals surface area contributed by atoms with Gasteiger partial charge in [-0.25, -0.2) is 9.67 Å². The van der Waals surface area contributed by atoms with E-state index in [1.165, 1.54) is 0 Å². The third kappa shape index (κ3) is 3.21. The molecule has 134 valence electrons. The molecule has 0 bridgehead atoms. The van der Waals surface area contributed by atoms with Crippen molar-refractivity contribution in [3.05, 3.63) is 24.2 Å². The van der Waals surface area contributed by atoms with E-state index < -0.39 is 18.3 Å². The lowest BCUT2D eigenvalue weighted by Gasteiger charge is -2.32. The summed E-state index contributed by atoms with van der Waals surface area (Å²) in [6.45, 7) is 9.93. The highest BCUT2D eigenvalue weighted by molar-refractivity contribution is 6.62. The highest BCUT2D eigenvalue weighted by atomic mass is 16.7. The van der Waals surface area contributed by atoms with Gasteiger partial charge in [0.05, 0.1) is 23.1 Å². The third-order valence-electron chi connectivity index (χ3n) is 4.90.